The van der Waals surface area contributed by atoms with Crippen molar-refractivity contribution >= 4 is 46.4 Å². The molecule has 35 heavy (non-hydrogen) atoms. The number of aromatic nitrogens is 5. The number of nitrogens with zero attached hydrogens (tertiary/aromatic N) is 6. The largest absolute Gasteiger partial charge is 0.356 e. The third-order valence-electron chi connectivity index (χ3n) is 6.31. The van der Waals surface area contributed by atoms with E-state index in [1.165, 1.54) is 0 Å². The zero-order chi connectivity index (χ0) is 28.7. The Balaban J connectivity index is 0.00000387. The molecule has 1 fully saturated rings. The molecule has 0 bridgehead atoms. The highest BCUT2D eigenvalue weighted by Crippen LogP contribution is 2.24. The molecule has 0 atom stereocenters. The molecule has 3 aromatic heterocycles. The van der Waals surface area contributed by atoms with E-state index in [4.69, 9.17) is 8.22 Å². The molecule has 8 nitrogen and oxygen atoms in total. The molecule has 1 aliphatic rings. The quantitative estimate of drug-likeness (QED) is 0.275. The summed E-state index contributed by atoms with van der Waals surface area (Å²) in [5, 5.41) is 10.1. The van der Waals surface area contributed by atoms with Gasteiger partial charge in [0.1, 0.15) is 11.5 Å². The summed E-state index contributed by atoms with van der Waals surface area (Å²) in [5.41, 5.74) is 2.83. The summed E-state index contributed by atoms with van der Waals surface area (Å²) in [6, 6.07) is 10.7. The Morgan fingerprint density at radius 2 is 1.94 bits per heavy atom. The number of fused-ring (bicyclic) bond motifs is 1. The van der Waals surface area contributed by atoms with Gasteiger partial charge < -0.3 is 9.80 Å². The fraction of sp³-hybridized carbons (Fsp3) is 0.346. The van der Waals surface area contributed by atoms with Crippen LogP contribution >= 0.6 is 24.0 Å². The van der Waals surface area contributed by atoms with Crippen molar-refractivity contribution in [2.45, 2.75) is 25.3 Å². The van der Waals surface area contributed by atoms with E-state index < -0.39 is 20.0 Å². The number of rotatable bonds is 6. The van der Waals surface area contributed by atoms with Gasteiger partial charge >= 0.3 is 0 Å². The van der Waals surface area contributed by atoms with Gasteiger partial charge in [0, 0.05) is 67.6 Å². The van der Waals surface area contributed by atoms with Gasteiger partial charge in [-0.25, -0.2) is 4.98 Å². The molecular weight excluding hydrogens is 553 g/mol. The van der Waals surface area contributed by atoms with E-state index in [-0.39, 0.29) is 41.1 Å². The van der Waals surface area contributed by atoms with Crippen LogP contribution in [-0.2, 0) is 13.5 Å². The van der Waals surface area contributed by atoms with Gasteiger partial charge in [-0.3, -0.25) is 14.5 Å². The minimum Gasteiger partial charge on any atom is -0.356 e. The molecule has 0 amide bonds. The van der Waals surface area contributed by atoms with Crippen LogP contribution in [0.3, 0.4) is 0 Å². The molecule has 0 aliphatic carbocycles. The standard InChI is InChI=1S/C26H29N7O.HI/c1-31(2)23-7-10-33(11-8-23)26-14-19(6-9-27-26)25(34)15-22-13-21-12-18(4-5-20(21)16-28-22)24-17-32(3)30-29-24;/h4-6,9,12-14,16-17,23H,7-8,10-11,15H2,1-3H3;1H/p+1/i1D3,2D3;. The van der Waals surface area contributed by atoms with Crippen molar-refractivity contribution in [2.24, 2.45) is 7.05 Å². The maximum Gasteiger partial charge on any atom is 0.169 e. The number of ketones is 1. The van der Waals surface area contributed by atoms with Crippen LogP contribution in [0.5, 0.6) is 0 Å². The van der Waals surface area contributed by atoms with Crippen LogP contribution in [0.2, 0.25) is 0 Å². The summed E-state index contributed by atoms with van der Waals surface area (Å²) in [6.07, 6.45) is 6.08. The van der Waals surface area contributed by atoms with E-state index in [9.17, 15) is 4.79 Å². The Morgan fingerprint density at radius 1 is 1.11 bits per heavy atom. The lowest BCUT2D eigenvalue weighted by Gasteiger charge is -2.34. The second kappa shape index (κ2) is 10.8. The fourth-order valence-corrected chi connectivity index (χ4v) is 4.35. The molecule has 9 heteroatoms. The lowest BCUT2D eigenvalue weighted by Crippen LogP contribution is -3.10. The molecule has 1 aliphatic heterocycles. The minimum absolute atomic E-state index is 0. The van der Waals surface area contributed by atoms with E-state index in [1.807, 2.05) is 42.4 Å². The Bertz CT molecular complexity index is 1520. The summed E-state index contributed by atoms with van der Waals surface area (Å²) < 4.78 is 48.0. The Morgan fingerprint density at radius 3 is 2.69 bits per heavy atom. The zero-order valence-electron chi connectivity index (χ0n) is 25.3. The molecule has 182 valence electrons. The highest BCUT2D eigenvalue weighted by Gasteiger charge is 2.24. The first-order valence-corrected chi connectivity index (χ1v) is 11.3. The number of nitrogens with one attached hydrogen (secondary N) is 1. The molecule has 1 saturated heterocycles. The predicted molar refractivity (Wildman–Crippen MR) is 147 cm³/mol. The van der Waals surface area contributed by atoms with E-state index in [0.29, 0.717) is 43.0 Å². The van der Waals surface area contributed by atoms with Crippen molar-refractivity contribution in [2.75, 3.05) is 31.9 Å². The molecular formula is C26H31IN7O+. The third kappa shape index (κ3) is 5.67. The zero-order valence-corrected chi connectivity index (χ0v) is 21.6. The van der Waals surface area contributed by atoms with E-state index in [0.717, 1.165) is 22.0 Å². The van der Waals surface area contributed by atoms with Gasteiger partial charge in [-0.2, -0.15) is 0 Å². The number of halogens is 1. The molecule has 5 rings (SSSR count). The monoisotopic (exact) mass is 590 g/mol. The van der Waals surface area contributed by atoms with Gasteiger partial charge in [-0.05, 0) is 29.7 Å². The number of carbonyl (C=O) groups is 1. The maximum absolute atomic E-state index is 13.2. The van der Waals surface area contributed by atoms with Crippen LogP contribution in [0.4, 0.5) is 5.82 Å². The molecule has 1 aromatic carbocycles. The molecule has 0 saturated carbocycles. The Kier molecular flexibility index (Phi) is 5.65. The predicted octanol–water partition coefficient (Wildman–Crippen LogP) is 2.58. The van der Waals surface area contributed by atoms with Crippen molar-refractivity contribution in [3.63, 3.8) is 0 Å². The first-order chi connectivity index (χ1) is 18.9. The molecule has 1 N–H and O–H groups in total. The number of piperidine rings is 1. The number of carbonyl (C=O) groups excluding carboxylic acids is 1. The molecule has 4 heterocycles. The van der Waals surface area contributed by atoms with Crippen LogP contribution in [0.15, 0.2) is 55.0 Å². The number of pyridine rings is 2. The molecule has 0 spiro atoms. The van der Waals surface area contributed by atoms with Crippen molar-refractivity contribution in [3.8, 4) is 11.3 Å². The number of Topliss-reactive ketones (excluding diaryl/α,β-unsaturated/α-hetero) is 1. The van der Waals surface area contributed by atoms with E-state index in [2.05, 4.69) is 20.3 Å². The number of quaternary nitrogens is 1. The lowest BCUT2D eigenvalue weighted by atomic mass is 10.0. The highest BCUT2D eigenvalue weighted by atomic mass is 127. The average Bonchev–Trinajstić information content (AvgIpc) is 3.33. The van der Waals surface area contributed by atoms with Gasteiger partial charge in [-0.1, -0.05) is 17.3 Å². The summed E-state index contributed by atoms with van der Waals surface area (Å²) >= 11 is 0. The summed E-state index contributed by atoms with van der Waals surface area (Å²) in [4.78, 5) is 23.7. The van der Waals surface area contributed by atoms with Crippen LogP contribution in [0, 0.1) is 0 Å². The van der Waals surface area contributed by atoms with Crippen molar-refractivity contribution in [3.05, 3.63) is 66.2 Å². The summed E-state index contributed by atoms with van der Waals surface area (Å²) in [5.74, 6) is 0.504. The van der Waals surface area contributed by atoms with Crippen LogP contribution in [-0.4, -0.2) is 63.8 Å². The number of aryl methyl sites for hydroxylation is 1. The molecule has 0 radical (unpaired) electrons. The maximum atomic E-state index is 13.2. The smallest absolute Gasteiger partial charge is 0.169 e. The van der Waals surface area contributed by atoms with Gasteiger partial charge in [0.2, 0.25) is 0 Å². The molecule has 0 unspecified atom stereocenters. The minimum atomic E-state index is -2.63. The normalized spacial score (nSPS) is 17.6. The van der Waals surface area contributed by atoms with Gasteiger partial charge in [-0.15, -0.1) is 29.1 Å². The average molecular weight is 591 g/mol. The van der Waals surface area contributed by atoms with E-state index >= 15 is 0 Å². The SMILES string of the molecule is I.[2H]C([2H])([2H])[NH+](C1CCN(c2cc(C(=O)Cc3cc4cc(-c5cn(C)nn5)ccc4cn3)ccn2)CC1)C([2H])([2H])[2H]. The van der Waals surface area contributed by atoms with Crippen LogP contribution in [0.1, 0.15) is 37.1 Å². The first kappa shape index (κ1) is 18.4. The lowest BCUT2D eigenvalue weighted by molar-refractivity contribution is -0.886. The second-order valence-electron chi connectivity index (χ2n) is 8.69. The number of benzene rings is 1. The Labute approximate surface area is 230 Å². The summed E-state index contributed by atoms with van der Waals surface area (Å²) in [7, 11) is 1.81. The van der Waals surface area contributed by atoms with Crippen LogP contribution in [0.25, 0.3) is 22.0 Å². The third-order valence-corrected chi connectivity index (χ3v) is 6.31. The van der Waals surface area contributed by atoms with Crippen LogP contribution < -0.4 is 9.80 Å². The van der Waals surface area contributed by atoms with Gasteiger partial charge in [0.25, 0.3) is 0 Å². The van der Waals surface area contributed by atoms with Crippen molar-refractivity contribution < 1.29 is 17.9 Å². The van der Waals surface area contributed by atoms with Gasteiger partial charge in [0.15, 0.2) is 5.78 Å². The first-order valence-electron chi connectivity index (χ1n) is 14.3. The molecule has 4 aromatic rings. The van der Waals surface area contributed by atoms with Gasteiger partial charge in [0.05, 0.1) is 40.8 Å². The summed E-state index contributed by atoms with van der Waals surface area (Å²) in [6.45, 7) is -4.36. The van der Waals surface area contributed by atoms with Crippen molar-refractivity contribution in [1.29, 1.82) is 0 Å². The fourth-order valence-electron chi connectivity index (χ4n) is 4.35. The Hall–Kier alpha value is -2.92. The number of hydrogen-bond acceptors (Lipinski definition) is 6. The van der Waals surface area contributed by atoms with E-state index in [1.54, 1.807) is 29.2 Å². The topological polar surface area (TPSA) is 81.2 Å². The number of hydrogen-bond donors (Lipinski definition) is 1. The van der Waals surface area contributed by atoms with Crippen molar-refractivity contribution in [1.82, 2.24) is 25.0 Å². The number of anilines is 1. The highest BCUT2D eigenvalue weighted by molar-refractivity contribution is 14.0. The second-order valence-corrected chi connectivity index (χ2v) is 8.69.